The largest absolute Gasteiger partial charge is 0.384 e. The van der Waals surface area contributed by atoms with E-state index in [-0.39, 0.29) is 0 Å². The van der Waals surface area contributed by atoms with Crippen molar-refractivity contribution in [1.29, 1.82) is 0 Å². The number of hydrogen-bond acceptors (Lipinski definition) is 8. The van der Waals surface area contributed by atoms with Crippen LogP contribution in [0.25, 0.3) is 22.4 Å². The molecule has 8 heteroatoms. The van der Waals surface area contributed by atoms with Gasteiger partial charge in [-0.05, 0) is 31.2 Å². The number of aryl methyl sites for hydroxylation is 1. The number of para-hydroxylation sites is 2. The van der Waals surface area contributed by atoms with E-state index in [0.717, 1.165) is 29.0 Å². The first-order chi connectivity index (χ1) is 14.1. The van der Waals surface area contributed by atoms with Crippen molar-refractivity contribution >= 4 is 34.0 Å². The zero-order valence-electron chi connectivity index (χ0n) is 16.1. The summed E-state index contributed by atoms with van der Waals surface area (Å²) in [5, 5.41) is 5.52. The third kappa shape index (κ3) is 3.19. The number of nitrogens with one attached hydrogen (secondary N) is 2. The number of hydrazine groups is 1. The molecule has 3 heterocycles. The van der Waals surface area contributed by atoms with Crippen molar-refractivity contribution in [3.63, 3.8) is 0 Å². The van der Waals surface area contributed by atoms with E-state index in [0.29, 0.717) is 28.8 Å². The minimum absolute atomic E-state index is 0.403. The number of benzene rings is 2. The first kappa shape index (κ1) is 17.3. The Morgan fingerprint density at radius 1 is 1.00 bits per heavy atom. The highest BCUT2D eigenvalue weighted by molar-refractivity contribution is 5.85. The molecule has 1 aliphatic heterocycles. The molecule has 4 N–H and O–H groups in total. The Bertz CT molecular complexity index is 1220. The van der Waals surface area contributed by atoms with Gasteiger partial charge in [-0.3, -0.25) is 0 Å². The normalized spacial score (nSPS) is 13.3. The van der Waals surface area contributed by atoms with Gasteiger partial charge in [0.15, 0.2) is 5.82 Å². The third-order valence-electron chi connectivity index (χ3n) is 4.81. The van der Waals surface area contributed by atoms with Crippen molar-refractivity contribution in [3.8, 4) is 11.4 Å². The number of rotatable bonds is 3. The van der Waals surface area contributed by atoms with E-state index in [2.05, 4.69) is 26.8 Å². The van der Waals surface area contributed by atoms with Gasteiger partial charge in [-0.15, -0.1) is 0 Å². The van der Waals surface area contributed by atoms with Gasteiger partial charge >= 0.3 is 0 Å². The van der Waals surface area contributed by atoms with Crippen LogP contribution in [0.15, 0.2) is 48.5 Å². The Morgan fingerprint density at radius 3 is 2.59 bits per heavy atom. The minimum atomic E-state index is 0.403. The van der Waals surface area contributed by atoms with E-state index >= 15 is 0 Å². The number of nitrogen functional groups attached to an aromatic ring is 1. The second-order valence-corrected chi connectivity index (χ2v) is 7.06. The molecule has 1 aliphatic rings. The highest BCUT2D eigenvalue weighted by atomic mass is 15.5. The molecule has 0 saturated carbocycles. The fourth-order valence-electron chi connectivity index (χ4n) is 3.57. The molecule has 0 spiro atoms. The van der Waals surface area contributed by atoms with Crippen molar-refractivity contribution in [2.24, 2.45) is 0 Å². The standard InChI is InChI=1S/C21H20N8/c1-12-23-18(10-19(22)24-12)20-21(27-17-7-4-3-6-16(17)25-20)26-14-8-5-9-15-13(14)11-29(2)28-15/h3-10,28H,11H2,1-2H3,(H,26,27)(H2,22,23,24). The van der Waals surface area contributed by atoms with Crippen LogP contribution in [-0.4, -0.2) is 32.0 Å². The van der Waals surface area contributed by atoms with E-state index in [1.165, 1.54) is 5.56 Å². The highest BCUT2D eigenvalue weighted by Gasteiger charge is 2.20. The van der Waals surface area contributed by atoms with Crippen LogP contribution in [-0.2, 0) is 6.54 Å². The van der Waals surface area contributed by atoms with Crippen LogP contribution >= 0.6 is 0 Å². The maximum atomic E-state index is 5.97. The average molecular weight is 384 g/mol. The molecule has 0 aliphatic carbocycles. The molecule has 29 heavy (non-hydrogen) atoms. The summed E-state index contributed by atoms with van der Waals surface area (Å²) in [4.78, 5) is 18.4. The topological polar surface area (TPSA) is 105 Å². The second kappa shape index (κ2) is 6.68. The fraction of sp³-hybridized carbons (Fsp3) is 0.143. The minimum Gasteiger partial charge on any atom is -0.384 e. The Hall–Kier alpha value is -3.78. The van der Waals surface area contributed by atoms with Crippen molar-refractivity contribution in [2.75, 3.05) is 23.5 Å². The molecule has 0 fully saturated rings. The molecule has 0 amide bonds. The SMILES string of the molecule is Cc1nc(N)cc(-c2nc3ccccc3nc2Nc2cccc3c2CN(C)N3)n1. The Morgan fingerprint density at radius 2 is 1.79 bits per heavy atom. The molecule has 4 aromatic rings. The quantitative estimate of drug-likeness (QED) is 0.493. The van der Waals surface area contributed by atoms with Crippen LogP contribution in [0.4, 0.5) is 23.0 Å². The van der Waals surface area contributed by atoms with E-state index in [1.807, 2.05) is 55.4 Å². The van der Waals surface area contributed by atoms with Gasteiger partial charge in [0.2, 0.25) is 0 Å². The maximum absolute atomic E-state index is 5.97. The average Bonchev–Trinajstić information content (AvgIpc) is 3.08. The van der Waals surface area contributed by atoms with Crippen LogP contribution < -0.4 is 16.5 Å². The number of nitrogens with zero attached hydrogens (tertiary/aromatic N) is 5. The van der Waals surface area contributed by atoms with Crippen LogP contribution in [0.1, 0.15) is 11.4 Å². The summed E-state index contributed by atoms with van der Waals surface area (Å²) in [5.41, 5.74) is 15.4. The Kier molecular flexibility index (Phi) is 3.99. The lowest BCUT2D eigenvalue weighted by Crippen LogP contribution is -2.16. The second-order valence-electron chi connectivity index (χ2n) is 7.06. The number of nitrogens with two attached hydrogens (primary N) is 1. The summed E-state index contributed by atoms with van der Waals surface area (Å²) >= 11 is 0. The van der Waals surface area contributed by atoms with Crippen LogP contribution in [0.3, 0.4) is 0 Å². The fourth-order valence-corrected chi connectivity index (χ4v) is 3.57. The van der Waals surface area contributed by atoms with Gasteiger partial charge in [0, 0.05) is 30.9 Å². The Balaban J connectivity index is 1.68. The molecule has 0 saturated heterocycles. The summed E-state index contributed by atoms with van der Waals surface area (Å²) in [6.07, 6.45) is 0. The molecule has 144 valence electrons. The molecular formula is C21H20N8. The molecule has 0 radical (unpaired) electrons. The van der Waals surface area contributed by atoms with Gasteiger partial charge in [0.1, 0.15) is 17.3 Å². The zero-order valence-corrected chi connectivity index (χ0v) is 16.1. The molecule has 0 unspecified atom stereocenters. The smallest absolute Gasteiger partial charge is 0.159 e. The van der Waals surface area contributed by atoms with Crippen molar-refractivity contribution in [1.82, 2.24) is 24.9 Å². The molecule has 5 rings (SSSR count). The lowest BCUT2D eigenvalue weighted by molar-refractivity contribution is 0.423. The van der Waals surface area contributed by atoms with Crippen LogP contribution in [0.5, 0.6) is 0 Å². The maximum Gasteiger partial charge on any atom is 0.159 e. The predicted molar refractivity (Wildman–Crippen MR) is 115 cm³/mol. The van der Waals surface area contributed by atoms with Gasteiger partial charge in [-0.1, -0.05) is 18.2 Å². The molecule has 0 bridgehead atoms. The van der Waals surface area contributed by atoms with Crippen LogP contribution in [0, 0.1) is 6.92 Å². The molecule has 0 atom stereocenters. The van der Waals surface area contributed by atoms with E-state index in [9.17, 15) is 0 Å². The third-order valence-corrected chi connectivity index (χ3v) is 4.81. The lowest BCUT2D eigenvalue weighted by atomic mass is 10.1. The summed E-state index contributed by atoms with van der Waals surface area (Å²) in [6, 6.07) is 15.6. The first-order valence-electron chi connectivity index (χ1n) is 9.32. The molecular weight excluding hydrogens is 364 g/mol. The number of aromatic nitrogens is 4. The van der Waals surface area contributed by atoms with Gasteiger partial charge in [-0.25, -0.2) is 24.9 Å². The first-order valence-corrected chi connectivity index (χ1v) is 9.32. The molecule has 2 aromatic carbocycles. The van der Waals surface area contributed by atoms with Gasteiger partial charge < -0.3 is 16.5 Å². The summed E-state index contributed by atoms with van der Waals surface area (Å²) in [7, 11) is 2.01. The number of anilines is 4. The summed E-state index contributed by atoms with van der Waals surface area (Å²) < 4.78 is 0. The van der Waals surface area contributed by atoms with Crippen LogP contribution in [0.2, 0.25) is 0 Å². The zero-order chi connectivity index (χ0) is 20.0. The molecule has 2 aromatic heterocycles. The van der Waals surface area contributed by atoms with Gasteiger partial charge in [0.25, 0.3) is 0 Å². The molecule has 8 nitrogen and oxygen atoms in total. The van der Waals surface area contributed by atoms with E-state index in [1.54, 1.807) is 6.07 Å². The monoisotopic (exact) mass is 384 g/mol. The summed E-state index contributed by atoms with van der Waals surface area (Å²) in [5.74, 6) is 1.62. The Labute approximate surface area is 167 Å². The summed E-state index contributed by atoms with van der Waals surface area (Å²) in [6.45, 7) is 2.60. The predicted octanol–water partition coefficient (Wildman–Crippen LogP) is 3.49. The number of fused-ring (bicyclic) bond motifs is 2. The lowest BCUT2D eigenvalue weighted by Gasteiger charge is -2.14. The van der Waals surface area contributed by atoms with Crippen molar-refractivity contribution in [3.05, 3.63) is 59.9 Å². The van der Waals surface area contributed by atoms with Crippen molar-refractivity contribution < 1.29 is 0 Å². The van der Waals surface area contributed by atoms with Gasteiger partial charge in [0.05, 0.1) is 22.4 Å². The van der Waals surface area contributed by atoms with Gasteiger partial charge in [-0.2, -0.15) is 0 Å². The van der Waals surface area contributed by atoms with E-state index < -0.39 is 0 Å². The highest BCUT2D eigenvalue weighted by Crippen LogP contribution is 2.35. The van der Waals surface area contributed by atoms with E-state index in [4.69, 9.17) is 15.7 Å². The van der Waals surface area contributed by atoms with Crippen molar-refractivity contribution in [2.45, 2.75) is 13.5 Å². The number of hydrogen-bond donors (Lipinski definition) is 3.